The Hall–Kier alpha value is -2.82. The summed E-state index contributed by atoms with van der Waals surface area (Å²) >= 11 is 0. The number of rotatable bonds is 7. The first-order valence-corrected chi connectivity index (χ1v) is 11.3. The highest BCUT2D eigenvalue weighted by Gasteiger charge is 2.37. The zero-order valence-electron chi connectivity index (χ0n) is 20.0. The number of carbonyl (C=O) groups is 2. The van der Waals surface area contributed by atoms with Gasteiger partial charge in [0.15, 0.2) is 5.75 Å². The molecule has 5 nitrogen and oxygen atoms in total. The Morgan fingerprint density at radius 1 is 1.00 bits per heavy atom. The number of carbonyl (C=O) groups excluding carboxylic acids is 1. The summed E-state index contributed by atoms with van der Waals surface area (Å²) in [5.41, 5.74) is 3.82. The first-order valence-electron chi connectivity index (χ1n) is 11.3. The van der Waals surface area contributed by atoms with Crippen LogP contribution < -0.4 is 9.47 Å². The van der Waals surface area contributed by atoms with Crippen LogP contribution in [-0.4, -0.2) is 23.7 Å². The number of carboxylic acid groups (broad SMARTS) is 1. The van der Waals surface area contributed by atoms with E-state index in [1.165, 1.54) is 24.1 Å². The molecule has 0 fully saturated rings. The zero-order chi connectivity index (χ0) is 23.7. The average Bonchev–Trinajstić information content (AvgIpc) is 2.71. The molecule has 1 aliphatic rings. The largest absolute Gasteiger partial charge is 0.493 e. The van der Waals surface area contributed by atoms with Crippen molar-refractivity contribution < 1.29 is 24.2 Å². The minimum atomic E-state index is -1.15. The van der Waals surface area contributed by atoms with Crippen molar-refractivity contribution in [1.29, 1.82) is 0 Å². The lowest BCUT2D eigenvalue weighted by molar-refractivity contribution is -0.131. The van der Waals surface area contributed by atoms with Gasteiger partial charge >= 0.3 is 11.9 Å². The second-order valence-electron chi connectivity index (χ2n) is 9.94. The predicted octanol–water partition coefficient (Wildman–Crippen LogP) is 6.51. The van der Waals surface area contributed by atoms with Gasteiger partial charge in [0, 0.05) is 6.92 Å². The van der Waals surface area contributed by atoms with Gasteiger partial charge in [0.05, 0.1) is 12.2 Å². The Labute approximate surface area is 190 Å². The van der Waals surface area contributed by atoms with Gasteiger partial charge in [0.1, 0.15) is 11.3 Å². The van der Waals surface area contributed by atoms with Gasteiger partial charge in [-0.15, -0.1) is 0 Å². The molecular weight excluding hydrogens is 404 g/mol. The minimum absolute atomic E-state index is 0.0178. The normalized spacial score (nSPS) is 16.2. The number of unbranched alkanes of at least 4 members (excludes halogenated alkanes) is 1. The van der Waals surface area contributed by atoms with Crippen molar-refractivity contribution in [2.45, 2.75) is 78.1 Å². The van der Waals surface area contributed by atoms with Crippen LogP contribution in [0.25, 0.3) is 11.1 Å². The topological polar surface area (TPSA) is 72.8 Å². The molecule has 0 heterocycles. The van der Waals surface area contributed by atoms with Gasteiger partial charge < -0.3 is 14.6 Å². The third kappa shape index (κ3) is 4.67. The summed E-state index contributed by atoms with van der Waals surface area (Å²) < 4.78 is 11.5. The standard InChI is InChI=1S/C27H34O5/c1-7-8-15-31-22-12-10-19(25(29)30)24(32-17(2)28)23(22)18-9-11-20-21(16-18)27(5,6)14-13-26(20,3)4/h9-12,16H,7-8,13-15H2,1-6H3,(H,29,30). The predicted molar refractivity (Wildman–Crippen MR) is 126 cm³/mol. The number of aromatic carboxylic acids is 1. The van der Waals surface area contributed by atoms with Gasteiger partial charge in [-0.2, -0.15) is 0 Å². The van der Waals surface area contributed by atoms with Crippen molar-refractivity contribution in [3.05, 3.63) is 47.0 Å². The highest BCUT2D eigenvalue weighted by Crippen LogP contribution is 2.49. The van der Waals surface area contributed by atoms with E-state index >= 15 is 0 Å². The van der Waals surface area contributed by atoms with Crippen molar-refractivity contribution in [2.75, 3.05) is 6.61 Å². The number of esters is 1. The molecule has 0 aliphatic heterocycles. The summed E-state index contributed by atoms with van der Waals surface area (Å²) in [7, 11) is 0. The highest BCUT2D eigenvalue weighted by molar-refractivity contribution is 5.97. The van der Waals surface area contributed by atoms with Crippen LogP contribution in [0.2, 0.25) is 0 Å². The van der Waals surface area contributed by atoms with Crippen molar-refractivity contribution in [3.8, 4) is 22.6 Å². The summed E-state index contributed by atoms with van der Waals surface area (Å²) in [4.78, 5) is 23.9. The fraction of sp³-hybridized carbons (Fsp3) is 0.481. The van der Waals surface area contributed by atoms with Gasteiger partial charge in [-0.3, -0.25) is 4.79 Å². The zero-order valence-corrected chi connectivity index (χ0v) is 20.0. The molecule has 0 saturated carbocycles. The second kappa shape index (κ2) is 8.97. The van der Waals surface area contributed by atoms with E-state index in [-0.39, 0.29) is 22.1 Å². The van der Waals surface area contributed by atoms with Crippen molar-refractivity contribution in [2.24, 2.45) is 0 Å². The summed E-state index contributed by atoms with van der Waals surface area (Å²) in [5, 5.41) is 9.77. The summed E-state index contributed by atoms with van der Waals surface area (Å²) in [5.74, 6) is -1.17. The monoisotopic (exact) mass is 438 g/mol. The Bertz CT molecular complexity index is 1030. The van der Waals surface area contributed by atoms with Crippen LogP contribution in [0.3, 0.4) is 0 Å². The van der Waals surface area contributed by atoms with Gasteiger partial charge in [0.2, 0.25) is 0 Å². The molecule has 0 aromatic heterocycles. The third-order valence-electron chi connectivity index (χ3n) is 6.49. The van der Waals surface area contributed by atoms with Crippen molar-refractivity contribution in [1.82, 2.24) is 0 Å². The number of carboxylic acids is 1. The van der Waals surface area contributed by atoms with E-state index in [2.05, 4.69) is 46.8 Å². The summed E-state index contributed by atoms with van der Waals surface area (Å²) in [6, 6.07) is 9.35. The van der Waals surface area contributed by atoms with Crippen LogP contribution in [0.5, 0.6) is 11.5 Å². The molecule has 0 spiro atoms. The number of ether oxygens (including phenoxy) is 2. The Balaban J connectivity index is 2.28. The molecule has 0 saturated heterocycles. The van der Waals surface area contributed by atoms with Crippen LogP contribution in [-0.2, 0) is 15.6 Å². The molecule has 3 rings (SSSR count). The number of hydrogen-bond acceptors (Lipinski definition) is 4. The molecule has 0 unspecified atom stereocenters. The Kier molecular flexibility index (Phi) is 6.68. The lowest BCUT2D eigenvalue weighted by Crippen LogP contribution is -2.33. The number of benzene rings is 2. The van der Waals surface area contributed by atoms with Crippen LogP contribution in [0.4, 0.5) is 0 Å². The quantitative estimate of drug-likeness (QED) is 0.303. The van der Waals surface area contributed by atoms with E-state index in [0.717, 1.165) is 31.2 Å². The second-order valence-corrected chi connectivity index (χ2v) is 9.94. The maximum atomic E-state index is 11.9. The van der Waals surface area contributed by atoms with Crippen LogP contribution >= 0.6 is 0 Å². The molecular formula is C27H34O5. The fourth-order valence-electron chi connectivity index (χ4n) is 4.45. The first-order chi connectivity index (χ1) is 15.0. The van der Waals surface area contributed by atoms with Crippen molar-refractivity contribution >= 4 is 11.9 Å². The SMILES string of the molecule is CCCCOc1ccc(C(=O)O)c(OC(C)=O)c1-c1ccc2c(c1)C(C)(C)CCC2(C)C. The minimum Gasteiger partial charge on any atom is -0.493 e. The van der Waals surface area contributed by atoms with Crippen LogP contribution in [0, 0.1) is 0 Å². The average molecular weight is 439 g/mol. The van der Waals surface area contributed by atoms with Gasteiger partial charge in [-0.05, 0) is 58.9 Å². The Morgan fingerprint density at radius 2 is 1.66 bits per heavy atom. The number of hydrogen-bond donors (Lipinski definition) is 1. The molecule has 0 bridgehead atoms. The van der Waals surface area contributed by atoms with E-state index in [0.29, 0.717) is 17.9 Å². The number of fused-ring (bicyclic) bond motifs is 1. The smallest absolute Gasteiger partial charge is 0.339 e. The van der Waals surface area contributed by atoms with E-state index in [1.807, 2.05) is 6.07 Å². The molecule has 0 amide bonds. The molecule has 1 N–H and O–H groups in total. The lowest BCUT2D eigenvalue weighted by atomic mass is 9.63. The molecule has 32 heavy (non-hydrogen) atoms. The molecule has 0 atom stereocenters. The van der Waals surface area contributed by atoms with Crippen LogP contribution in [0.1, 0.15) is 88.7 Å². The maximum Gasteiger partial charge on any atom is 0.339 e. The molecule has 172 valence electrons. The molecule has 0 radical (unpaired) electrons. The van der Waals surface area contributed by atoms with Gasteiger partial charge in [-0.1, -0.05) is 59.2 Å². The van der Waals surface area contributed by atoms with Crippen LogP contribution in [0.15, 0.2) is 30.3 Å². The van der Waals surface area contributed by atoms with E-state index in [9.17, 15) is 14.7 Å². The first kappa shape index (κ1) is 23.8. The maximum absolute atomic E-state index is 11.9. The third-order valence-corrected chi connectivity index (χ3v) is 6.49. The molecule has 1 aliphatic carbocycles. The molecule has 2 aromatic rings. The lowest BCUT2D eigenvalue weighted by Gasteiger charge is -2.42. The van der Waals surface area contributed by atoms with Gasteiger partial charge in [0.25, 0.3) is 0 Å². The summed E-state index contributed by atoms with van der Waals surface area (Å²) in [6.45, 7) is 12.9. The van der Waals surface area contributed by atoms with Gasteiger partial charge in [-0.25, -0.2) is 4.79 Å². The summed E-state index contributed by atoms with van der Waals surface area (Å²) in [6.07, 6.45) is 4.00. The molecule has 5 heteroatoms. The Morgan fingerprint density at radius 3 is 2.25 bits per heavy atom. The van der Waals surface area contributed by atoms with Crippen molar-refractivity contribution in [3.63, 3.8) is 0 Å². The van der Waals surface area contributed by atoms with E-state index < -0.39 is 11.9 Å². The highest BCUT2D eigenvalue weighted by atomic mass is 16.5. The van der Waals surface area contributed by atoms with E-state index in [4.69, 9.17) is 9.47 Å². The van der Waals surface area contributed by atoms with E-state index in [1.54, 1.807) is 6.07 Å². The fourth-order valence-corrected chi connectivity index (χ4v) is 4.45. The molecule has 2 aromatic carbocycles.